The molecule has 1 heterocycles. The van der Waals surface area contributed by atoms with Crippen LogP contribution < -0.4 is 5.32 Å². The molecule has 0 unspecified atom stereocenters. The highest BCUT2D eigenvalue weighted by Crippen LogP contribution is 2.20. The molecule has 0 spiro atoms. The summed E-state index contributed by atoms with van der Waals surface area (Å²) in [6.45, 7) is 5.98. The van der Waals surface area contributed by atoms with Gasteiger partial charge < -0.3 is 5.32 Å². The van der Waals surface area contributed by atoms with Crippen molar-refractivity contribution in [3.05, 3.63) is 46.2 Å². The lowest BCUT2D eigenvalue weighted by atomic mass is 10.2. The minimum atomic E-state index is 0.859. The summed E-state index contributed by atoms with van der Waals surface area (Å²) in [5.74, 6) is 0. The third-order valence-corrected chi connectivity index (χ3v) is 3.06. The Bertz CT molecular complexity index is 505. The predicted molar refractivity (Wildman–Crippen MR) is 73.4 cm³/mol. The van der Waals surface area contributed by atoms with Gasteiger partial charge in [-0.25, -0.2) is 4.68 Å². The SMILES string of the molecule is CCNCc1ccc(Br)cc1-n1cc(C)cn1. The van der Waals surface area contributed by atoms with Gasteiger partial charge >= 0.3 is 0 Å². The van der Waals surface area contributed by atoms with Crippen LogP contribution in [0.15, 0.2) is 35.1 Å². The fourth-order valence-electron chi connectivity index (χ4n) is 1.70. The monoisotopic (exact) mass is 293 g/mol. The number of nitrogens with one attached hydrogen (secondary N) is 1. The molecule has 3 nitrogen and oxygen atoms in total. The molecule has 0 fully saturated rings. The smallest absolute Gasteiger partial charge is 0.0701 e. The van der Waals surface area contributed by atoms with Gasteiger partial charge in [0.25, 0.3) is 0 Å². The van der Waals surface area contributed by atoms with Crippen LogP contribution in [0.4, 0.5) is 0 Å². The first-order chi connectivity index (χ1) is 8.20. The van der Waals surface area contributed by atoms with Crippen molar-refractivity contribution in [2.75, 3.05) is 6.54 Å². The average molecular weight is 294 g/mol. The molecule has 90 valence electrons. The zero-order valence-electron chi connectivity index (χ0n) is 10.1. The highest BCUT2D eigenvalue weighted by molar-refractivity contribution is 9.10. The summed E-state index contributed by atoms with van der Waals surface area (Å²) in [5, 5.41) is 7.71. The van der Waals surface area contributed by atoms with Crippen molar-refractivity contribution in [2.45, 2.75) is 20.4 Å². The van der Waals surface area contributed by atoms with Gasteiger partial charge in [0.2, 0.25) is 0 Å². The Kier molecular flexibility index (Phi) is 3.97. The molecule has 0 aliphatic rings. The van der Waals surface area contributed by atoms with Crippen molar-refractivity contribution in [3.8, 4) is 5.69 Å². The summed E-state index contributed by atoms with van der Waals surface area (Å²) in [4.78, 5) is 0. The van der Waals surface area contributed by atoms with Crippen LogP contribution in [0.2, 0.25) is 0 Å². The zero-order valence-corrected chi connectivity index (χ0v) is 11.7. The summed E-state index contributed by atoms with van der Waals surface area (Å²) < 4.78 is 2.99. The molecule has 1 aromatic carbocycles. The number of hydrogen-bond acceptors (Lipinski definition) is 2. The first kappa shape index (κ1) is 12.3. The summed E-state index contributed by atoms with van der Waals surface area (Å²) in [6.07, 6.45) is 3.91. The van der Waals surface area contributed by atoms with Gasteiger partial charge in [0.1, 0.15) is 0 Å². The Labute approximate surface area is 110 Å². The number of hydrogen-bond donors (Lipinski definition) is 1. The van der Waals surface area contributed by atoms with Gasteiger partial charge in [-0.05, 0) is 36.7 Å². The quantitative estimate of drug-likeness (QED) is 0.939. The molecule has 4 heteroatoms. The van der Waals surface area contributed by atoms with Crippen molar-refractivity contribution >= 4 is 15.9 Å². The minimum Gasteiger partial charge on any atom is -0.313 e. The molecule has 2 rings (SSSR count). The molecule has 0 aliphatic heterocycles. The van der Waals surface area contributed by atoms with Crippen molar-refractivity contribution in [1.82, 2.24) is 15.1 Å². The van der Waals surface area contributed by atoms with Crippen LogP contribution in [0, 0.1) is 6.92 Å². The molecule has 0 amide bonds. The van der Waals surface area contributed by atoms with Crippen LogP contribution in [-0.4, -0.2) is 16.3 Å². The third-order valence-electron chi connectivity index (χ3n) is 2.57. The molecule has 17 heavy (non-hydrogen) atoms. The number of aryl methyl sites for hydroxylation is 1. The second-order valence-corrected chi connectivity index (χ2v) is 4.93. The van der Waals surface area contributed by atoms with Crippen molar-refractivity contribution in [1.29, 1.82) is 0 Å². The molecular formula is C13H16BrN3. The van der Waals surface area contributed by atoms with E-state index in [1.807, 2.05) is 24.0 Å². The summed E-state index contributed by atoms with van der Waals surface area (Å²) in [6, 6.07) is 6.28. The van der Waals surface area contributed by atoms with E-state index in [1.54, 1.807) is 0 Å². The van der Waals surface area contributed by atoms with Gasteiger partial charge in [0.05, 0.1) is 11.9 Å². The maximum Gasteiger partial charge on any atom is 0.0701 e. The fourth-order valence-corrected chi connectivity index (χ4v) is 2.05. The molecule has 0 saturated heterocycles. The maximum atomic E-state index is 4.36. The molecule has 1 N–H and O–H groups in total. The maximum absolute atomic E-state index is 4.36. The third kappa shape index (κ3) is 2.96. The van der Waals surface area contributed by atoms with Gasteiger partial charge in [-0.15, -0.1) is 0 Å². The van der Waals surface area contributed by atoms with Gasteiger partial charge in [-0.1, -0.05) is 28.9 Å². The lowest BCUT2D eigenvalue weighted by Crippen LogP contribution is -2.14. The topological polar surface area (TPSA) is 29.9 Å². The van der Waals surface area contributed by atoms with Crippen LogP contribution >= 0.6 is 15.9 Å². The van der Waals surface area contributed by atoms with Crippen LogP contribution in [-0.2, 0) is 6.54 Å². The van der Waals surface area contributed by atoms with E-state index in [4.69, 9.17) is 0 Å². The van der Waals surface area contributed by atoms with Crippen molar-refractivity contribution in [2.24, 2.45) is 0 Å². The predicted octanol–water partition coefficient (Wildman–Crippen LogP) is 3.05. The Morgan fingerprint density at radius 2 is 2.24 bits per heavy atom. The summed E-state index contributed by atoms with van der Waals surface area (Å²) >= 11 is 3.51. The first-order valence-corrected chi connectivity index (χ1v) is 6.51. The van der Waals surface area contributed by atoms with Crippen LogP contribution in [0.3, 0.4) is 0 Å². The first-order valence-electron chi connectivity index (χ1n) is 5.71. The number of rotatable bonds is 4. The number of nitrogens with zero attached hydrogens (tertiary/aromatic N) is 2. The standard InChI is InChI=1S/C13H16BrN3/c1-3-15-8-11-4-5-12(14)6-13(11)17-9-10(2)7-16-17/h4-7,9,15H,3,8H2,1-2H3. The number of aromatic nitrogens is 2. The van der Waals surface area contributed by atoms with Gasteiger partial charge in [-0.3, -0.25) is 0 Å². The van der Waals surface area contributed by atoms with E-state index in [9.17, 15) is 0 Å². The highest BCUT2D eigenvalue weighted by atomic mass is 79.9. The molecular weight excluding hydrogens is 278 g/mol. The van der Waals surface area contributed by atoms with E-state index in [1.165, 1.54) is 11.1 Å². The van der Waals surface area contributed by atoms with E-state index in [2.05, 4.69) is 51.5 Å². The molecule has 1 aromatic heterocycles. The molecule has 0 bridgehead atoms. The normalized spacial score (nSPS) is 10.8. The fraction of sp³-hybridized carbons (Fsp3) is 0.308. The molecule has 0 saturated carbocycles. The molecule has 2 aromatic rings. The Balaban J connectivity index is 2.39. The van der Waals surface area contributed by atoms with E-state index >= 15 is 0 Å². The van der Waals surface area contributed by atoms with Gasteiger partial charge in [-0.2, -0.15) is 5.10 Å². The zero-order chi connectivity index (χ0) is 12.3. The van der Waals surface area contributed by atoms with Crippen LogP contribution in [0.25, 0.3) is 5.69 Å². The number of benzene rings is 1. The summed E-state index contributed by atoms with van der Waals surface area (Å²) in [5.41, 5.74) is 3.53. The van der Waals surface area contributed by atoms with E-state index in [-0.39, 0.29) is 0 Å². The molecule has 0 radical (unpaired) electrons. The van der Waals surface area contributed by atoms with E-state index < -0.39 is 0 Å². The second-order valence-electron chi connectivity index (χ2n) is 4.02. The highest BCUT2D eigenvalue weighted by Gasteiger charge is 2.06. The average Bonchev–Trinajstić information content (AvgIpc) is 2.74. The van der Waals surface area contributed by atoms with Crippen LogP contribution in [0.1, 0.15) is 18.1 Å². The van der Waals surface area contributed by atoms with Crippen molar-refractivity contribution in [3.63, 3.8) is 0 Å². The Hall–Kier alpha value is -1.13. The largest absolute Gasteiger partial charge is 0.313 e. The lowest BCUT2D eigenvalue weighted by molar-refractivity contribution is 0.716. The number of halogens is 1. The Morgan fingerprint density at radius 1 is 1.41 bits per heavy atom. The van der Waals surface area contributed by atoms with Gasteiger partial charge in [0, 0.05) is 17.2 Å². The lowest BCUT2D eigenvalue weighted by Gasteiger charge is -2.10. The van der Waals surface area contributed by atoms with Crippen molar-refractivity contribution < 1.29 is 0 Å². The molecule has 0 aliphatic carbocycles. The minimum absolute atomic E-state index is 0.859. The molecule has 0 atom stereocenters. The van der Waals surface area contributed by atoms with E-state index in [0.29, 0.717) is 0 Å². The second kappa shape index (κ2) is 5.47. The van der Waals surface area contributed by atoms with Gasteiger partial charge in [0.15, 0.2) is 0 Å². The summed E-state index contributed by atoms with van der Waals surface area (Å²) in [7, 11) is 0. The Morgan fingerprint density at radius 3 is 2.88 bits per heavy atom. The van der Waals surface area contributed by atoms with E-state index in [0.717, 1.165) is 23.2 Å². The van der Waals surface area contributed by atoms with Crippen LogP contribution in [0.5, 0.6) is 0 Å².